The van der Waals surface area contributed by atoms with Gasteiger partial charge in [0.1, 0.15) is 12.1 Å². The number of amidine groups is 1. The molecule has 0 bridgehead atoms. The number of nitrogens with zero attached hydrogens (tertiary/aromatic N) is 5. The predicted octanol–water partition coefficient (Wildman–Crippen LogP) is 7.04. The number of alkyl halides is 3. The minimum atomic E-state index is -4.75. The van der Waals surface area contributed by atoms with Crippen molar-refractivity contribution < 1.29 is 22.7 Å². The number of aliphatic imine (C=N–C) groups is 1. The molecule has 0 radical (unpaired) electrons. The van der Waals surface area contributed by atoms with Crippen LogP contribution in [0.15, 0.2) is 78.0 Å². The van der Waals surface area contributed by atoms with Crippen LogP contribution in [-0.4, -0.2) is 49.6 Å². The number of hydrogen-bond donors (Lipinski definition) is 1. The lowest BCUT2D eigenvalue weighted by molar-refractivity contribution is -0.274. The van der Waals surface area contributed by atoms with Crippen LogP contribution in [0.1, 0.15) is 36.5 Å². The van der Waals surface area contributed by atoms with Gasteiger partial charge in [-0.25, -0.2) is 9.67 Å². The van der Waals surface area contributed by atoms with Gasteiger partial charge in [-0.15, -0.1) is 18.3 Å². The highest BCUT2D eigenvalue weighted by Crippen LogP contribution is 2.31. The maximum Gasteiger partial charge on any atom is 0.573 e. The highest BCUT2D eigenvalue weighted by atomic mass is 32.2. The Balaban J connectivity index is 1.16. The second-order valence-electron chi connectivity index (χ2n) is 10.4. The molecule has 0 atom stereocenters. The Hall–Kier alpha value is -4.23. The van der Waals surface area contributed by atoms with E-state index in [1.54, 1.807) is 4.90 Å². The number of aromatic nitrogens is 3. The molecule has 45 heavy (non-hydrogen) atoms. The number of ether oxygens (including phenoxy) is 1. The van der Waals surface area contributed by atoms with Gasteiger partial charge in [0.2, 0.25) is 5.91 Å². The molecule has 1 amide bonds. The zero-order valence-electron chi connectivity index (χ0n) is 24.7. The van der Waals surface area contributed by atoms with E-state index >= 15 is 0 Å². The first kappa shape index (κ1) is 32.2. The molecule has 1 aliphatic rings. The summed E-state index contributed by atoms with van der Waals surface area (Å²) in [5, 5.41) is 8.61. The van der Waals surface area contributed by atoms with Crippen LogP contribution in [0.3, 0.4) is 0 Å². The van der Waals surface area contributed by atoms with Gasteiger partial charge in [-0.2, -0.15) is 4.99 Å². The first-order chi connectivity index (χ1) is 21.6. The third-order valence-corrected chi connectivity index (χ3v) is 8.05. The van der Waals surface area contributed by atoms with Crippen LogP contribution < -0.4 is 15.0 Å². The smallest absolute Gasteiger partial charge is 0.406 e. The topological polar surface area (TPSA) is 84.6 Å². The summed E-state index contributed by atoms with van der Waals surface area (Å²) in [6.07, 6.45) is 0.164. The lowest BCUT2D eigenvalue weighted by Gasteiger charge is -2.20. The van der Waals surface area contributed by atoms with Crippen LogP contribution in [0.5, 0.6) is 5.75 Å². The fraction of sp³-hybridized carbons (Fsp3) is 0.281. The Kier molecular flexibility index (Phi) is 10.2. The Morgan fingerprint density at radius 2 is 1.91 bits per heavy atom. The fourth-order valence-electron chi connectivity index (χ4n) is 4.84. The summed E-state index contributed by atoms with van der Waals surface area (Å²) in [6.45, 7) is 4.73. The molecule has 1 aliphatic heterocycles. The molecule has 4 aromatic rings. The fourth-order valence-corrected chi connectivity index (χ4v) is 5.96. The van der Waals surface area contributed by atoms with Gasteiger partial charge >= 0.3 is 6.36 Å². The molecular weight excluding hydrogens is 622 g/mol. The van der Waals surface area contributed by atoms with Gasteiger partial charge in [-0.3, -0.25) is 9.69 Å². The molecular formula is C32H31F3N6O2S2. The number of thiocarbonyl (C=S) groups is 1. The summed E-state index contributed by atoms with van der Waals surface area (Å²) in [4.78, 5) is 23.5. The molecule has 0 saturated carbocycles. The SMILES string of the molecule is CCCc1ccc(C)cc1N1C(=O)CSC1=NC(=S)NCCCc1cccc(-c2ncn(-c3ccc(OC(F)(F)F)cc3)n2)c1. The van der Waals surface area contributed by atoms with Crippen LogP contribution in [0.2, 0.25) is 0 Å². The molecule has 1 aromatic heterocycles. The number of amides is 1. The molecule has 8 nitrogen and oxygen atoms in total. The zero-order chi connectivity index (χ0) is 32.0. The zero-order valence-corrected chi connectivity index (χ0v) is 26.3. The molecule has 1 N–H and O–H groups in total. The standard InChI is InChI=1S/C32H31F3N6O2S2/c1-3-6-23-11-10-21(2)17-27(23)41-28(42)19-45-31(41)38-30(44)36-16-5-8-22-7-4-9-24(18-22)29-37-20-40(39-29)25-12-14-26(15-13-25)43-32(33,34)35/h4,7,9-15,17-18,20H,3,5-6,8,16,19H2,1-2H3,(H,36,44). The summed E-state index contributed by atoms with van der Waals surface area (Å²) >= 11 is 6.90. The summed E-state index contributed by atoms with van der Waals surface area (Å²) in [5.74, 6) is 0.511. The van der Waals surface area contributed by atoms with Crippen LogP contribution in [-0.2, 0) is 17.6 Å². The van der Waals surface area contributed by atoms with Gasteiger partial charge in [-0.05, 0) is 91.5 Å². The molecule has 0 unspecified atom stereocenters. The molecule has 5 rings (SSSR count). The Morgan fingerprint density at radius 3 is 2.67 bits per heavy atom. The quantitative estimate of drug-likeness (QED) is 0.145. The van der Waals surface area contributed by atoms with E-state index in [1.807, 2.05) is 37.3 Å². The second kappa shape index (κ2) is 14.2. The largest absolute Gasteiger partial charge is 0.573 e. The number of carbonyl (C=O) groups excluding carboxylic acids is 1. The van der Waals surface area contributed by atoms with E-state index in [9.17, 15) is 18.0 Å². The van der Waals surface area contributed by atoms with Gasteiger partial charge in [0.25, 0.3) is 0 Å². The van der Waals surface area contributed by atoms with E-state index in [1.165, 1.54) is 47.0 Å². The van der Waals surface area contributed by atoms with E-state index in [2.05, 4.69) is 44.2 Å². The van der Waals surface area contributed by atoms with Crippen LogP contribution >= 0.6 is 24.0 Å². The lowest BCUT2D eigenvalue weighted by atomic mass is 10.0. The predicted molar refractivity (Wildman–Crippen MR) is 175 cm³/mol. The van der Waals surface area contributed by atoms with E-state index in [4.69, 9.17) is 12.2 Å². The number of benzene rings is 3. The van der Waals surface area contributed by atoms with Crippen molar-refractivity contribution in [1.82, 2.24) is 20.1 Å². The highest BCUT2D eigenvalue weighted by molar-refractivity contribution is 8.15. The molecule has 234 valence electrons. The summed E-state index contributed by atoms with van der Waals surface area (Å²) in [6, 6.07) is 19.4. The first-order valence-electron chi connectivity index (χ1n) is 14.4. The monoisotopic (exact) mass is 652 g/mol. The molecule has 13 heteroatoms. The van der Waals surface area contributed by atoms with E-state index < -0.39 is 6.36 Å². The Labute approximate surface area is 268 Å². The number of rotatable bonds is 10. The van der Waals surface area contributed by atoms with Crippen molar-refractivity contribution >= 4 is 45.9 Å². The number of halogens is 3. The van der Waals surface area contributed by atoms with Gasteiger partial charge in [-0.1, -0.05) is 55.4 Å². The lowest BCUT2D eigenvalue weighted by Crippen LogP contribution is -2.32. The van der Waals surface area contributed by atoms with Gasteiger partial charge in [0.05, 0.1) is 17.1 Å². The van der Waals surface area contributed by atoms with Gasteiger partial charge < -0.3 is 10.1 Å². The van der Waals surface area contributed by atoms with Crippen LogP contribution in [0.25, 0.3) is 17.1 Å². The number of carbonyl (C=O) groups is 1. The average Bonchev–Trinajstić information content (AvgIpc) is 3.63. The molecule has 1 fully saturated rings. The number of anilines is 1. The summed E-state index contributed by atoms with van der Waals surface area (Å²) < 4.78 is 42.7. The van der Waals surface area contributed by atoms with Gasteiger partial charge in [0, 0.05) is 12.1 Å². The number of aryl methyl sites for hydroxylation is 3. The maximum atomic E-state index is 12.8. The number of hydrogen-bond acceptors (Lipinski definition) is 6. The highest BCUT2D eigenvalue weighted by Gasteiger charge is 2.32. The van der Waals surface area contributed by atoms with E-state index in [0.29, 0.717) is 34.1 Å². The molecule has 3 aromatic carbocycles. The van der Waals surface area contributed by atoms with Crippen molar-refractivity contribution in [2.24, 2.45) is 4.99 Å². The van der Waals surface area contributed by atoms with Crippen molar-refractivity contribution in [1.29, 1.82) is 0 Å². The Morgan fingerprint density at radius 1 is 1.11 bits per heavy atom. The summed E-state index contributed by atoms with van der Waals surface area (Å²) in [5.41, 5.74) is 5.52. The third-order valence-electron chi connectivity index (χ3n) is 6.89. The average molecular weight is 653 g/mol. The minimum Gasteiger partial charge on any atom is -0.406 e. The van der Waals surface area contributed by atoms with Crippen LogP contribution in [0.4, 0.5) is 18.9 Å². The second-order valence-corrected chi connectivity index (χ2v) is 11.7. The Bertz CT molecular complexity index is 1710. The normalized spacial score (nSPS) is 14.3. The molecule has 2 heterocycles. The van der Waals surface area contributed by atoms with Crippen molar-refractivity contribution in [2.45, 2.75) is 45.9 Å². The van der Waals surface area contributed by atoms with Crippen molar-refractivity contribution in [3.8, 4) is 22.8 Å². The molecule has 1 saturated heterocycles. The first-order valence-corrected chi connectivity index (χ1v) is 15.8. The van der Waals surface area contributed by atoms with Crippen LogP contribution in [0, 0.1) is 6.92 Å². The van der Waals surface area contributed by atoms with Crippen molar-refractivity contribution in [3.05, 3.63) is 89.7 Å². The molecule has 0 aliphatic carbocycles. The maximum absolute atomic E-state index is 12.8. The van der Waals surface area contributed by atoms with Crippen molar-refractivity contribution in [3.63, 3.8) is 0 Å². The summed E-state index contributed by atoms with van der Waals surface area (Å²) in [7, 11) is 0. The van der Waals surface area contributed by atoms with Gasteiger partial charge in [0.15, 0.2) is 16.1 Å². The number of nitrogens with one attached hydrogen (secondary N) is 1. The third kappa shape index (κ3) is 8.49. The number of thioether (sulfide) groups is 1. The minimum absolute atomic E-state index is 0.00264. The van der Waals surface area contributed by atoms with E-state index in [0.717, 1.165) is 53.6 Å². The van der Waals surface area contributed by atoms with Crippen molar-refractivity contribution in [2.75, 3.05) is 17.2 Å². The molecule has 0 spiro atoms. The van der Waals surface area contributed by atoms with E-state index in [-0.39, 0.29) is 11.7 Å².